The van der Waals surface area contributed by atoms with E-state index in [1.54, 1.807) is 0 Å². The Morgan fingerprint density at radius 2 is 2.25 bits per heavy atom. The highest BCUT2D eigenvalue weighted by Gasteiger charge is 2.19. The summed E-state index contributed by atoms with van der Waals surface area (Å²) in [5, 5.41) is 10.9. The first-order valence-electron chi connectivity index (χ1n) is 6.23. The summed E-state index contributed by atoms with van der Waals surface area (Å²) in [6, 6.07) is 5.74. The van der Waals surface area contributed by atoms with E-state index in [2.05, 4.69) is 20.4 Å². The molecular weight excluding hydrogens is 254 g/mol. The third-order valence-electron chi connectivity index (χ3n) is 3.43. The van der Waals surface area contributed by atoms with Gasteiger partial charge in [-0.25, -0.2) is 4.98 Å². The molecule has 1 aromatic carbocycles. The van der Waals surface area contributed by atoms with Gasteiger partial charge in [0.05, 0.1) is 0 Å². The third-order valence-corrected chi connectivity index (χ3v) is 3.43. The van der Waals surface area contributed by atoms with Crippen molar-refractivity contribution in [3.05, 3.63) is 47.7 Å². The quantitative estimate of drug-likeness (QED) is 0.703. The van der Waals surface area contributed by atoms with Crippen molar-refractivity contribution in [3.63, 3.8) is 0 Å². The molecule has 0 amide bonds. The van der Waals surface area contributed by atoms with Crippen molar-refractivity contribution in [1.82, 2.24) is 20.4 Å². The summed E-state index contributed by atoms with van der Waals surface area (Å²) in [7, 11) is 0. The van der Waals surface area contributed by atoms with Crippen LogP contribution >= 0.6 is 0 Å². The van der Waals surface area contributed by atoms with Crippen LogP contribution in [0.3, 0.4) is 0 Å². The van der Waals surface area contributed by atoms with Crippen LogP contribution < -0.4 is 5.73 Å². The molecule has 1 aliphatic rings. The van der Waals surface area contributed by atoms with Crippen LogP contribution in [0.25, 0.3) is 28.4 Å². The average molecular weight is 265 g/mol. The first kappa shape index (κ1) is 11.0. The van der Waals surface area contributed by atoms with Gasteiger partial charge < -0.3 is 10.2 Å². The van der Waals surface area contributed by atoms with Crippen molar-refractivity contribution < 1.29 is 4.42 Å². The second kappa shape index (κ2) is 4.06. The summed E-state index contributed by atoms with van der Waals surface area (Å²) >= 11 is 0. The maximum absolute atomic E-state index is 6.35. The van der Waals surface area contributed by atoms with Gasteiger partial charge in [-0.1, -0.05) is 18.2 Å². The van der Waals surface area contributed by atoms with E-state index in [0.29, 0.717) is 5.70 Å². The molecule has 3 N–H and O–H groups in total. The Labute approximate surface area is 114 Å². The number of nitrogens with two attached hydrogens (primary N) is 1. The highest BCUT2D eigenvalue weighted by atomic mass is 16.3. The molecule has 2 heterocycles. The molecule has 0 bridgehead atoms. The maximum atomic E-state index is 6.35. The lowest BCUT2D eigenvalue weighted by atomic mass is 9.96. The minimum absolute atomic E-state index is 0.656. The van der Waals surface area contributed by atoms with Gasteiger partial charge in [-0.2, -0.15) is 15.4 Å². The average Bonchev–Trinajstić information content (AvgIpc) is 3.13. The standard InChI is InChI=1S/C14H11N5O/c15-12(8-3-1-5-10-13(8)18-19-17-10)9-4-2-6-11-14(9)16-7-20-11/h1-3,5-7H,4,15H2,(H,17,18,19). The number of aromatic amines is 1. The molecule has 0 unspecified atom stereocenters. The first-order chi connectivity index (χ1) is 9.84. The van der Waals surface area contributed by atoms with Crippen LogP contribution in [0, 0.1) is 0 Å². The Morgan fingerprint density at radius 3 is 3.20 bits per heavy atom. The fraction of sp³-hybridized carbons (Fsp3) is 0.0714. The number of H-pyrrole nitrogens is 1. The van der Waals surface area contributed by atoms with E-state index in [-0.39, 0.29) is 0 Å². The molecule has 1 aliphatic carbocycles. The number of benzene rings is 1. The number of nitrogens with one attached hydrogen (secondary N) is 1. The van der Waals surface area contributed by atoms with E-state index in [0.717, 1.165) is 40.0 Å². The lowest BCUT2D eigenvalue weighted by Crippen LogP contribution is -2.04. The number of para-hydroxylation sites is 1. The fourth-order valence-electron chi connectivity index (χ4n) is 2.47. The minimum atomic E-state index is 0.656. The summed E-state index contributed by atoms with van der Waals surface area (Å²) in [4.78, 5) is 4.25. The summed E-state index contributed by atoms with van der Waals surface area (Å²) in [5.74, 6) is 0.738. The van der Waals surface area contributed by atoms with Crippen molar-refractivity contribution in [3.8, 4) is 0 Å². The highest BCUT2D eigenvalue weighted by molar-refractivity contribution is 5.98. The molecule has 0 fully saturated rings. The Morgan fingerprint density at radius 1 is 1.30 bits per heavy atom. The molecule has 98 valence electrons. The van der Waals surface area contributed by atoms with Gasteiger partial charge >= 0.3 is 0 Å². The number of hydrogen-bond donors (Lipinski definition) is 2. The second-order valence-corrected chi connectivity index (χ2v) is 4.56. The number of rotatable bonds is 1. The molecule has 0 saturated heterocycles. The predicted octanol–water partition coefficient (Wildman–Crippen LogP) is 2.19. The van der Waals surface area contributed by atoms with E-state index >= 15 is 0 Å². The van der Waals surface area contributed by atoms with Gasteiger partial charge in [-0.05, 0) is 18.6 Å². The zero-order chi connectivity index (χ0) is 13.5. The normalized spacial score (nSPS) is 16.4. The number of hydrogen-bond acceptors (Lipinski definition) is 5. The maximum Gasteiger partial charge on any atom is 0.181 e. The molecule has 2 aromatic heterocycles. The molecule has 0 aliphatic heterocycles. The monoisotopic (exact) mass is 265 g/mol. The Kier molecular flexibility index (Phi) is 2.23. The lowest BCUT2D eigenvalue weighted by Gasteiger charge is -2.12. The Hall–Kier alpha value is -2.89. The zero-order valence-corrected chi connectivity index (χ0v) is 10.5. The molecule has 6 heteroatoms. The number of aromatic nitrogens is 4. The van der Waals surface area contributed by atoms with Crippen molar-refractivity contribution in [2.24, 2.45) is 5.73 Å². The van der Waals surface area contributed by atoms with E-state index in [1.807, 2.05) is 30.4 Å². The van der Waals surface area contributed by atoms with Gasteiger partial charge in [0.1, 0.15) is 16.7 Å². The molecule has 3 aromatic rings. The Balaban J connectivity index is 1.97. The molecule has 0 saturated carbocycles. The summed E-state index contributed by atoms with van der Waals surface area (Å²) in [5.41, 5.74) is 11.2. The number of nitrogens with zero attached hydrogens (tertiary/aromatic N) is 3. The number of fused-ring (bicyclic) bond motifs is 2. The van der Waals surface area contributed by atoms with E-state index in [9.17, 15) is 0 Å². The van der Waals surface area contributed by atoms with Crippen molar-refractivity contribution in [2.75, 3.05) is 0 Å². The number of allylic oxidation sites excluding steroid dienone is 2. The molecule has 0 spiro atoms. The molecule has 0 atom stereocenters. The first-order valence-corrected chi connectivity index (χ1v) is 6.23. The highest BCUT2D eigenvalue weighted by Crippen LogP contribution is 2.33. The van der Waals surface area contributed by atoms with Gasteiger partial charge in [0.15, 0.2) is 12.2 Å². The SMILES string of the molecule is NC(=C1CC=Cc2ocnc21)c1cccc2n[nH]nc12. The van der Waals surface area contributed by atoms with Crippen LogP contribution in [0.1, 0.15) is 23.4 Å². The van der Waals surface area contributed by atoms with Gasteiger partial charge in [0, 0.05) is 16.8 Å². The lowest BCUT2D eigenvalue weighted by molar-refractivity contribution is 0.547. The van der Waals surface area contributed by atoms with Gasteiger partial charge in [-0.3, -0.25) is 0 Å². The van der Waals surface area contributed by atoms with Crippen molar-refractivity contribution in [2.45, 2.75) is 6.42 Å². The van der Waals surface area contributed by atoms with E-state index in [4.69, 9.17) is 10.2 Å². The Bertz CT molecular complexity index is 855. The predicted molar refractivity (Wildman–Crippen MR) is 75.0 cm³/mol. The topological polar surface area (TPSA) is 93.6 Å². The van der Waals surface area contributed by atoms with E-state index < -0.39 is 0 Å². The van der Waals surface area contributed by atoms with Gasteiger partial charge in [-0.15, -0.1) is 0 Å². The molecule has 4 rings (SSSR count). The van der Waals surface area contributed by atoms with Crippen LogP contribution in [0.15, 0.2) is 35.1 Å². The van der Waals surface area contributed by atoms with Gasteiger partial charge in [0.2, 0.25) is 0 Å². The van der Waals surface area contributed by atoms with Crippen LogP contribution in [0.2, 0.25) is 0 Å². The summed E-state index contributed by atoms with van der Waals surface area (Å²) in [6.45, 7) is 0. The van der Waals surface area contributed by atoms with Crippen LogP contribution in [-0.4, -0.2) is 20.4 Å². The van der Waals surface area contributed by atoms with Crippen LogP contribution in [0.4, 0.5) is 0 Å². The van der Waals surface area contributed by atoms with Gasteiger partial charge in [0.25, 0.3) is 0 Å². The largest absolute Gasteiger partial charge is 0.443 e. The zero-order valence-electron chi connectivity index (χ0n) is 10.5. The molecular formula is C14H11N5O. The van der Waals surface area contributed by atoms with Crippen LogP contribution in [0.5, 0.6) is 0 Å². The summed E-state index contributed by atoms with van der Waals surface area (Å²) < 4.78 is 5.32. The smallest absolute Gasteiger partial charge is 0.181 e. The van der Waals surface area contributed by atoms with Crippen molar-refractivity contribution >= 4 is 28.4 Å². The second-order valence-electron chi connectivity index (χ2n) is 4.56. The van der Waals surface area contributed by atoms with Crippen LogP contribution in [-0.2, 0) is 0 Å². The third kappa shape index (κ3) is 1.48. The van der Waals surface area contributed by atoms with E-state index in [1.165, 1.54) is 6.39 Å². The minimum Gasteiger partial charge on any atom is -0.443 e. The van der Waals surface area contributed by atoms with Crippen molar-refractivity contribution in [1.29, 1.82) is 0 Å². The molecule has 20 heavy (non-hydrogen) atoms. The molecule has 0 radical (unpaired) electrons. The number of oxazole rings is 1. The molecule has 6 nitrogen and oxygen atoms in total. The summed E-state index contributed by atoms with van der Waals surface area (Å²) in [6.07, 6.45) is 6.08. The fourth-order valence-corrected chi connectivity index (χ4v) is 2.47.